The van der Waals surface area contributed by atoms with Crippen molar-refractivity contribution in [2.75, 3.05) is 38.8 Å². The monoisotopic (exact) mass is 287 g/mol. The number of hydrogen-bond acceptors (Lipinski definition) is 5. The van der Waals surface area contributed by atoms with Crippen LogP contribution >= 0.6 is 0 Å². The van der Waals surface area contributed by atoms with Gasteiger partial charge in [-0.05, 0) is 25.1 Å². The van der Waals surface area contributed by atoms with E-state index in [-0.39, 0.29) is 5.75 Å². The lowest BCUT2D eigenvalue weighted by molar-refractivity contribution is 0.292. The average Bonchev–Trinajstić information content (AvgIpc) is 2.37. The third-order valence-electron chi connectivity index (χ3n) is 2.47. The molecule has 1 rings (SSSR count). The second-order valence-electron chi connectivity index (χ2n) is 4.23. The Balaban J connectivity index is 2.14. The van der Waals surface area contributed by atoms with Gasteiger partial charge in [0.05, 0.1) is 12.9 Å². The minimum absolute atomic E-state index is 0.216. The molecule has 0 amide bonds. The normalized spacial score (nSPS) is 11.3. The first kappa shape index (κ1) is 15.8. The number of ether oxygens (including phenoxy) is 2. The Bertz CT molecular complexity index is 473. The highest BCUT2D eigenvalue weighted by molar-refractivity contribution is 7.90. The molecule has 0 saturated heterocycles. The van der Waals surface area contributed by atoms with E-state index in [2.05, 4.69) is 5.32 Å². The van der Waals surface area contributed by atoms with E-state index in [9.17, 15) is 8.42 Å². The highest BCUT2D eigenvalue weighted by Gasteiger charge is 2.02. The summed E-state index contributed by atoms with van der Waals surface area (Å²) in [6.45, 7) is 1.85. The fourth-order valence-corrected chi connectivity index (χ4v) is 2.22. The van der Waals surface area contributed by atoms with Gasteiger partial charge in [0.25, 0.3) is 0 Å². The fourth-order valence-electron chi connectivity index (χ4n) is 1.56. The number of hydrogen-bond donors (Lipinski definition) is 1. The topological polar surface area (TPSA) is 64.6 Å². The second-order valence-corrected chi connectivity index (χ2v) is 6.49. The average molecular weight is 287 g/mol. The third kappa shape index (κ3) is 7.03. The van der Waals surface area contributed by atoms with E-state index < -0.39 is 9.84 Å². The first-order chi connectivity index (χ1) is 9.03. The minimum Gasteiger partial charge on any atom is -0.493 e. The number of nitrogens with one attached hydrogen (secondary N) is 1. The van der Waals surface area contributed by atoms with Crippen LogP contribution in [0.5, 0.6) is 11.5 Å². The van der Waals surface area contributed by atoms with Crippen molar-refractivity contribution in [3.63, 3.8) is 0 Å². The molecule has 6 heteroatoms. The molecule has 0 unspecified atom stereocenters. The summed E-state index contributed by atoms with van der Waals surface area (Å²) >= 11 is 0. The fraction of sp³-hybridized carbons (Fsp3) is 0.538. The van der Waals surface area contributed by atoms with Crippen LogP contribution in [0, 0.1) is 0 Å². The molecule has 0 bridgehead atoms. The molecular weight excluding hydrogens is 266 g/mol. The first-order valence-electron chi connectivity index (χ1n) is 6.17. The Morgan fingerprint density at radius 3 is 2.47 bits per heavy atom. The Kier molecular flexibility index (Phi) is 6.66. The highest BCUT2D eigenvalue weighted by Crippen LogP contribution is 2.25. The third-order valence-corrected chi connectivity index (χ3v) is 3.50. The van der Waals surface area contributed by atoms with Gasteiger partial charge in [-0.1, -0.05) is 12.1 Å². The molecule has 0 atom stereocenters. The smallest absolute Gasteiger partial charge is 0.161 e. The first-order valence-corrected chi connectivity index (χ1v) is 8.23. The van der Waals surface area contributed by atoms with Gasteiger partial charge in [0.1, 0.15) is 16.4 Å². The van der Waals surface area contributed by atoms with E-state index in [1.54, 1.807) is 7.11 Å². The van der Waals surface area contributed by atoms with Crippen LogP contribution in [-0.4, -0.2) is 47.2 Å². The summed E-state index contributed by atoms with van der Waals surface area (Å²) in [5, 5.41) is 3.14. The largest absolute Gasteiger partial charge is 0.493 e. The Hall–Kier alpha value is -1.27. The molecule has 1 N–H and O–H groups in total. The number of para-hydroxylation sites is 2. The van der Waals surface area contributed by atoms with Crippen LogP contribution in [0.4, 0.5) is 0 Å². The molecule has 0 aliphatic rings. The van der Waals surface area contributed by atoms with Crippen LogP contribution in [0.3, 0.4) is 0 Å². The lowest BCUT2D eigenvalue weighted by Crippen LogP contribution is -2.23. The van der Waals surface area contributed by atoms with Gasteiger partial charge in [-0.2, -0.15) is 0 Å². The molecule has 0 saturated carbocycles. The summed E-state index contributed by atoms with van der Waals surface area (Å²) in [6, 6.07) is 7.46. The predicted octanol–water partition coefficient (Wildman–Crippen LogP) is 1.10. The van der Waals surface area contributed by atoms with Gasteiger partial charge in [0.2, 0.25) is 0 Å². The summed E-state index contributed by atoms with van der Waals surface area (Å²) in [5.74, 6) is 1.63. The van der Waals surface area contributed by atoms with Crippen molar-refractivity contribution in [2.24, 2.45) is 0 Å². The molecular formula is C13H21NO4S. The van der Waals surface area contributed by atoms with E-state index in [0.29, 0.717) is 37.6 Å². The zero-order chi connectivity index (χ0) is 14.1. The summed E-state index contributed by atoms with van der Waals surface area (Å²) in [7, 11) is -1.25. The highest BCUT2D eigenvalue weighted by atomic mass is 32.2. The number of rotatable bonds is 9. The van der Waals surface area contributed by atoms with E-state index in [1.165, 1.54) is 6.26 Å². The maximum Gasteiger partial charge on any atom is 0.161 e. The predicted molar refractivity (Wildman–Crippen MR) is 75.7 cm³/mol. The standard InChI is InChI=1S/C13H21NO4S/c1-17-12-6-3-4-7-13(12)18-10-9-14-8-5-11-19(2,15)16/h3-4,6-7,14H,5,8-11H2,1-2H3. The molecule has 0 aliphatic heterocycles. The summed E-state index contributed by atoms with van der Waals surface area (Å²) in [6.07, 6.45) is 1.87. The molecule has 0 aliphatic carbocycles. The van der Waals surface area contributed by atoms with Gasteiger partial charge in [0, 0.05) is 12.8 Å². The van der Waals surface area contributed by atoms with Crippen molar-refractivity contribution in [3.05, 3.63) is 24.3 Å². The molecule has 108 valence electrons. The summed E-state index contributed by atoms with van der Waals surface area (Å²) in [5.41, 5.74) is 0. The number of methoxy groups -OCH3 is 1. The molecule has 0 spiro atoms. The molecule has 0 radical (unpaired) electrons. The van der Waals surface area contributed by atoms with E-state index >= 15 is 0 Å². The Labute approximate surface area is 114 Å². The zero-order valence-electron chi connectivity index (χ0n) is 11.4. The summed E-state index contributed by atoms with van der Waals surface area (Å²) in [4.78, 5) is 0. The van der Waals surface area contributed by atoms with Crippen molar-refractivity contribution in [1.82, 2.24) is 5.32 Å². The molecule has 1 aromatic carbocycles. The molecule has 0 aromatic heterocycles. The quantitative estimate of drug-likeness (QED) is 0.689. The van der Waals surface area contributed by atoms with Crippen LogP contribution in [0.15, 0.2) is 24.3 Å². The zero-order valence-corrected chi connectivity index (χ0v) is 12.2. The SMILES string of the molecule is COc1ccccc1OCCNCCCS(C)(=O)=O. The van der Waals surface area contributed by atoms with Gasteiger partial charge in [0.15, 0.2) is 11.5 Å². The van der Waals surface area contributed by atoms with Gasteiger partial charge in [-0.25, -0.2) is 8.42 Å². The van der Waals surface area contributed by atoms with E-state index in [4.69, 9.17) is 9.47 Å². The van der Waals surface area contributed by atoms with Crippen LogP contribution < -0.4 is 14.8 Å². The summed E-state index contributed by atoms with van der Waals surface area (Å²) < 4.78 is 32.6. The van der Waals surface area contributed by atoms with Gasteiger partial charge in [-0.15, -0.1) is 0 Å². The Morgan fingerprint density at radius 1 is 1.16 bits per heavy atom. The second kappa shape index (κ2) is 8.01. The lowest BCUT2D eigenvalue weighted by Gasteiger charge is -2.10. The van der Waals surface area contributed by atoms with Crippen molar-refractivity contribution in [1.29, 1.82) is 0 Å². The molecule has 19 heavy (non-hydrogen) atoms. The van der Waals surface area contributed by atoms with Crippen LogP contribution in [0.1, 0.15) is 6.42 Å². The van der Waals surface area contributed by atoms with Crippen molar-refractivity contribution >= 4 is 9.84 Å². The number of benzene rings is 1. The van der Waals surface area contributed by atoms with Crippen molar-refractivity contribution in [2.45, 2.75) is 6.42 Å². The van der Waals surface area contributed by atoms with Crippen molar-refractivity contribution < 1.29 is 17.9 Å². The Morgan fingerprint density at radius 2 is 1.84 bits per heavy atom. The minimum atomic E-state index is -2.86. The lowest BCUT2D eigenvalue weighted by atomic mass is 10.3. The van der Waals surface area contributed by atoms with Crippen LogP contribution in [0.2, 0.25) is 0 Å². The maximum absolute atomic E-state index is 10.9. The number of sulfone groups is 1. The van der Waals surface area contributed by atoms with Gasteiger partial charge in [-0.3, -0.25) is 0 Å². The maximum atomic E-state index is 10.9. The van der Waals surface area contributed by atoms with E-state index in [0.717, 1.165) is 0 Å². The molecule has 5 nitrogen and oxygen atoms in total. The van der Waals surface area contributed by atoms with E-state index in [1.807, 2.05) is 24.3 Å². The van der Waals surface area contributed by atoms with Crippen LogP contribution in [0.25, 0.3) is 0 Å². The van der Waals surface area contributed by atoms with Crippen molar-refractivity contribution in [3.8, 4) is 11.5 Å². The van der Waals surface area contributed by atoms with Gasteiger partial charge < -0.3 is 14.8 Å². The van der Waals surface area contributed by atoms with Gasteiger partial charge >= 0.3 is 0 Å². The van der Waals surface area contributed by atoms with Crippen LogP contribution in [-0.2, 0) is 9.84 Å². The molecule has 0 fully saturated rings. The molecule has 0 heterocycles. The molecule has 1 aromatic rings.